The minimum Gasteiger partial charge on any atom is -0.486 e. The van der Waals surface area contributed by atoms with E-state index < -0.39 is 0 Å². The molecule has 1 heterocycles. The van der Waals surface area contributed by atoms with Crippen LogP contribution < -0.4 is 10.1 Å². The van der Waals surface area contributed by atoms with Crippen LogP contribution in [0.25, 0.3) is 0 Å². The van der Waals surface area contributed by atoms with Crippen molar-refractivity contribution in [2.24, 2.45) is 0 Å². The van der Waals surface area contributed by atoms with Gasteiger partial charge in [-0.05, 0) is 36.9 Å². The first-order chi connectivity index (χ1) is 8.78. The fourth-order valence-corrected chi connectivity index (χ4v) is 1.68. The molecule has 0 radical (unpaired) electrons. The van der Waals surface area contributed by atoms with E-state index in [0.29, 0.717) is 11.6 Å². The zero-order valence-electron chi connectivity index (χ0n) is 10.3. The summed E-state index contributed by atoms with van der Waals surface area (Å²) < 4.78 is 11.0. The Bertz CT molecular complexity index is 479. The summed E-state index contributed by atoms with van der Waals surface area (Å²) in [5.74, 6) is 1.60. The predicted molar refractivity (Wildman–Crippen MR) is 71.9 cm³/mol. The smallest absolute Gasteiger partial charge is 0.146 e. The first kappa shape index (κ1) is 13.0. The maximum atomic E-state index is 5.80. The number of nitrogens with one attached hydrogen (secondary N) is 1. The second-order valence-electron chi connectivity index (χ2n) is 3.94. The number of furan rings is 1. The van der Waals surface area contributed by atoms with Crippen molar-refractivity contribution in [2.45, 2.75) is 20.1 Å². The maximum absolute atomic E-state index is 5.80. The van der Waals surface area contributed by atoms with Gasteiger partial charge in [0.15, 0.2) is 0 Å². The normalized spacial score (nSPS) is 10.6. The quantitative estimate of drug-likeness (QED) is 0.866. The molecule has 1 aromatic heterocycles. The Morgan fingerprint density at radius 2 is 2.06 bits per heavy atom. The number of rotatable bonds is 6. The summed E-state index contributed by atoms with van der Waals surface area (Å²) in [5.41, 5.74) is 1.13. The Labute approximate surface area is 112 Å². The molecule has 0 saturated carbocycles. The maximum Gasteiger partial charge on any atom is 0.146 e. The zero-order valence-corrected chi connectivity index (χ0v) is 11.0. The van der Waals surface area contributed by atoms with Crippen LogP contribution in [0.15, 0.2) is 41.0 Å². The Kier molecular flexibility index (Phi) is 4.67. The molecule has 0 saturated heterocycles. The van der Waals surface area contributed by atoms with Crippen LogP contribution in [0.5, 0.6) is 5.75 Å². The van der Waals surface area contributed by atoms with E-state index in [1.54, 1.807) is 18.4 Å². The molecular formula is C14H16ClNO2. The minimum absolute atomic E-state index is 0.424. The standard InChI is InChI=1S/C14H16ClNO2/c1-2-16-8-11-7-14(17-9-11)10-18-13-5-3-12(15)4-6-13/h3-7,9,16H,2,8,10H2,1H3. The van der Waals surface area contributed by atoms with Crippen molar-refractivity contribution in [1.29, 1.82) is 0 Å². The summed E-state index contributed by atoms with van der Waals surface area (Å²) in [7, 11) is 0. The summed E-state index contributed by atoms with van der Waals surface area (Å²) in [6.45, 7) is 4.27. The summed E-state index contributed by atoms with van der Waals surface area (Å²) in [5, 5.41) is 3.94. The molecule has 2 aromatic rings. The van der Waals surface area contributed by atoms with Crippen LogP contribution in [0.1, 0.15) is 18.2 Å². The monoisotopic (exact) mass is 265 g/mol. The van der Waals surface area contributed by atoms with Crippen molar-refractivity contribution >= 4 is 11.6 Å². The van der Waals surface area contributed by atoms with Gasteiger partial charge in [0.05, 0.1) is 6.26 Å². The lowest BCUT2D eigenvalue weighted by atomic mass is 10.3. The van der Waals surface area contributed by atoms with Crippen molar-refractivity contribution in [2.75, 3.05) is 6.54 Å². The van der Waals surface area contributed by atoms with E-state index in [1.807, 2.05) is 18.2 Å². The average Bonchev–Trinajstić information content (AvgIpc) is 2.84. The van der Waals surface area contributed by atoms with Crippen molar-refractivity contribution in [3.8, 4) is 5.75 Å². The molecule has 1 N–H and O–H groups in total. The van der Waals surface area contributed by atoms with Crippen molar-refractivity contribution in [1.82, 2.24) is 5.32 Å². The van der Waals surface area contributed by atoms with Crippen LogP contribution in [0.3, 0.4) is 0 Å². The van der Waals surface area contributed by atoms with Crippen molar-refractivity contribution in [3.05, 3.63) is 52.9 Å². The van der Waals surface area contributed by atoms with Crippen LogP contribution in [0.4, 0.5) is 0 Å². The lowest BCUT2D eigenvalue weighted by molar-refractivity contribution is 0.270. The molecule has 0 aliphatic heterocycles. The van der Waals surface area contributed by atoms with Crippen LogP contribution in [-0.2, 0) is 13.2 Å². The Hall–Kier alpha value is -1.45. The third-order valence-corrected chi connectivity index (χ3v) is 2.73. The van der Waals surface area contributed by atoms with E-state index in [4.69, 9.17) is 20.8 Å². The van der Waals surface area contributed by atoms with E-state index in [9.17, 15) is 0 Å². The van der Waals surface area contributed by atoms with E-state index in [0.717, 1.165) is 30.2 Å². The molecule has 1 aromatic carbocycles. The first-order valence-corrected chi connectivity index (χ1v) is 6.31. The van der Waals surface area contributed by atoms with Gasteiger partial charge in [0.25, 0.3) is 0 Å². The van der Waals surface area contributed by atoms with Gasteiger partial charge < -0.3 is 14.5 Å². The summed E-state index contributed by atoms with van der Waals surface area (Å²) >= 11 is 5.80. The highest BCUT2D eigenvalue weighted by Gasteiger charge is 2.02. The molecule has 96 valence electrons. The highest BCUT2D eigenvalue weighted by Crippen LogP contribution is 2.17. The van der Waals surface area contributed by atoms with Crippen LogP contribution >= 0.6 is 11.6 Å². The van der Waals surface area contributed by atoms with E-state index in [1.165, 1.54) is 0 Å². The molecule has 0 fully saturated rings. The molecule has 0 aliphatic carbocycles. The number of benzene rings is 1. The van der Waals surface area contributed by atoms with Gasteiger partial charge in [-0.25, -0.2) is 0 Å². The van der Waals surface area contributed by atoms with Gasteiger partial charge in [-0.15, -0.1) is 0 Å². The fourth-order valence-electron chi connectivity index (χ4n) is 1.55. The fraction of sp³-hybridized carbons (Fsp3) is 0.286. The molecule has 0 aliphatic rings. The molecular weight excluding hydrogens is 250 g/mol. The molecule has 0 atom stereocenters. The lowest BCUT2D eigenvalue weighted by Crippen LogP contribution is -2.10. The molecule has 0 unspecified atom stereocenters. The van der Waals surface area contributed by atoms with E-state index >= 15 is 0 Å². The van der Waals surface area contributed by atoms with Gasteiger partial charge in [0.1, 0.15) is 18.1 Å². The van der Waals surface area contributed by atoms with E-state index in [2.05, 4.69) is 12.2 Å². The zero-order chi connectivity index (χ0) is 12.8. The van der Waals surface area contributed by atoms with Gasteiger partial charge in [-0.3, -0.25) is 0 Å². The second kappa shape index (κ2) is 6.47. The van der Waals surface area contributed by atoms with Gasteiger partial charge in [-0.2, -0.15) is 0 Å². The molecule has 0 amide bonds. The van der Waals surface area contributed by atoms with Crippen LogP contribution in [-0.4, -0.2) is 6.54 Å². The molecule has 2 rings (SSSR count). The van der Waals surface area contributed by atoms with Gasteiger partial charge >= 0.3 is 0 Å². The third kappa shape index (κ3) is 3.79. The van der Waals surface area contributed by atoms with Crippen LogP contribution in [0.2, 0.25) is 5.02 Å². The molecule has 0 spiro atoms. The summed E-state index contributed by atoms with van der Waals surface area (Å²) in [4.78, 5) is 0. The highest BCUT2D eigenvalue weighted by atomic mass is 35.5. The predicted octanol–water partition coefficient (Wildman–Crippen LogP) is 3.62. The number of ether oxygens (including phenoxy) is 1. The van der Waals surface area contributed by atoms with Gasteiger partial charge in [0.2, 0.25) is 0 Å². The Morgan fingerprint density at radius 1 is 1.28 bits per heavy atom. The molecule has 4 heteroatoms. The third-order valence-electron chi connectivity index (χ3n) is 2.48. The number of hydrogen-bond donors (Lipinski definition) is 1. The first-order valence-electron chi connectivity index (χ1n) is 5.93. The molecule has 0 bridgehead atoms. The second-order valence-corrected chi connectivity index (χ2v) is 4.38. The average molecular weight is 266 g/mol. The Morgan fingerprint density at radius 3 is 2.78 bits per heavy atom. The van der Waals surface area contributed by atoms with E-state index in [-0.39, 0.29) is 0 Å². The van der Waals surface area contributed by atoms with Crippen molar-refractivity contribution in [3.63, 3.8) is 0 Å². The van der Waals surface area contributed by atoms with Crippen molar-refractivity contribution < 1.29 is 9.15 Å². The molecule has 18 heavy (non-hydrogen) atoms. The number of hydrogen-bond acceptors (Lipinski definition) is 3. The summed E-state index contributed by atoms with van der Waals surface area (Å²) in [6, 6.07) is 9.28. The Balaban J connectivity index is 1.86. The summed E-state index contributed by atoms with van der Waals surface area (Å²) in [6.07, 6.45) is 1.75. The highest BCUT2D eigenvalue weighted by molar-refractivity contribution is 6.30. The van der Waals surface area contributed by atoms with Gasteiger partial charge in [-0.1, -0.05) is 18.5 Å². The topological polar surface area (TPSA) is 34.4 Å². The molecule has 3 nitrogen and oxygen atoms in total. The number of halogens is 1. The largest absolute Gasteiger partial charge is 0.486 e. The van der Waals surface area contributed by atoms with Gasteiger partial charge in [0, 0.05) is 17.1 Å². The SMILES string of the molecule is CCNCc1coc(COc2ccc(Cl)cc2)c1. The lowest BCUT2D eigenvalue weighted by Gasteiger charge is -2.03. The minimum atomic E-state index is 0.424. The van der Waals surface area contributed by atoms with Crippen LogP contribution in [0, 0.1) is 0 Å².